The molecular weight excluding hydrogens is 408 g/mol. The first-order valence-electron chi connectivity index (χ1n) is 11.2. The number of aromatic nitrogens is 1. The largest absolute Gasteiger partial charge is 0.352 e. The van der Waals surface area contributed by atoms with Crippen LogP contribution in [0.15, 0.2) is 29.6 Å². The van der Waals surface area contributed by atoms with Crippen LogP contribution in [-0.4, -0.2) is 34.8 Å². The number of anilines is 1. The lowest BCUT2D eigenvalue weighted by molar-refractivity contribution is -0.120. The highest BCUT2D eigenvalue weighted by Gasteiger charge is 2.19. The Morgan fingerprint density at radius 3 is 2.58 bits per heavy atom. The topological polar surface area (TPSA) is 74.3 Å². The quantitative estimate of drug-likeness (QED) is 0.605. The molecule has 2 amide bonds. The molecule has 0 bridgehead atoms. The van der Waals surface area contributed by atoms with E-state index in [2.05, 4.69) is 45.8 Å². The Morgan fingerprint density at radius 2 is 1.87 bits per heavy atom. The summed E-state index contributed by atoms with van der Waals surface area (Å²) in [5, 5.41) is 8.17. The summed E-state index contributed by atoms with van der Waals surface area (Å²) in [6, 6.07) is 9.00. The number of hydrogen-bond acceptors (Lipinski definition) is 5. The van der Waals surface area contributed by atoms with Gasteiger partial charge in [-0.05, 0) is 31.0 Å². The van der Waals surface area contributed by atoms with Crippen molar-refractivity contribution in [2.75, 3.05) is 12.4 Å². The van der Waals surface area contributed by atoms with Crippen LogP contribution in [0.3, 0.4) is 0 Å². The van der Waals surface area contributed by atoms with Gasteiger partial charge in [0.25, 0.3) is 0 Å². The minimum absolute atomic E-state index is 0.0672. The van der Waals surface area contributed by atoms with Crippen molar-refractivity contribution in [2.45, 2.75) is 71.5 Å². The van der Waals surface area contributed by atoms with Crippen LogP contribution < -0.4 is 10.6 Å². The fourth-order valence-corrected chi connectivity index (χ4v) is 4.63. The third kappa shape index (κ3) is 7.14. The summed E-state index contributed by atoms with van der Waals surface area (Å²) in [4.78, 5) is 31.1. The molecule has 2 aromatic rings. The van der Waals surface area contributed by atoms with E-state index in [1.807, 2.05) is 25.3 Å². The molecule has 1 fully saturated rings. The monoisotopic (exact) mass is 442 g/mol. The van der Waals surface area contributed by atoms with Gasteiger partial charge in [-0.25, -0.2) is 4.98 Å². The smallest absolute Gasteiger partial charge is 0.228 e. The van der Waals surface area contributed by atoms with E-state index in [1.165, 1.54) is 49.0 Å². The number of nitrogens with zero attached hydrogens (tertiary/aromatic N) is 2. The fraction of sp³-hybridized carbons (Fsp3) is 0.542. The molecular formula is C24H34N4O2S. The van der Waals surface area contributed by atoms with Gasteiger partial charge in [-0.2, -0.15) is 0 Å². The minimum Gasteiger partial charge on any atom is -0.352 e. The number of nitrogens with one attached hydrogen (secondary N) is 2. The Morgan fingerprint density at radius 1 is 1.16 bits per heavy atom. The van der Waals surface area contributed by atoms with E-state index in [9.17, 15) is 9.59 Å². The van der Waals surface area contributed by atoms with E-state index in [1.54, 1.807) is 0 Å². The van der Waals surface area contributed by atoms with Gasteiger partial charge in [0.15, 0.2) is 5.13 Å². The Kier molecular flexibility index (Phi) is 8.60. The summed E-state index contributed by atoms with van der Waals surface area (Å²) in [7, 11) is 2.21. The average Bonchev–Trinajstić information content (AvgIpc) is 3.20. The van der Waals surface area contributed by atoms with Crippen LogP contribution >= 0.6 is 11.3 Å². The normalized spacial score (nSPS) is 14.7. The van der Waals surface area contributed by atoms with Crippen molar-refractivity contribution >= 4 is 28.3 Å². The van der Waals surface area contributed by atoms with Gasteiger partial charge in [-0.3, -0.25) is 14.5 Å². The number of rotatable bonds is 9. The fourth-order valence-electron chi connectivity index (χ4n) is 3.92. The Labute approximate surface area is 189 Å². The molecule has 1 aromatic carbocycles. The first-order valence-corrected chi connectivity index (χ1v) is 12.1. The maximum atomic E-state index is 12.5. The highest BCUT2D eigenvalue weighted by Crippen LogP contribution is 2.23. The molecule has 0 saturated heterocycles. The summed E-state index contributed by atoms with van der Waals surface area (Å²) in [6.07, 6.45) is 6.78. The van der Waals surface area contributed by atoms with Crippen molar-refractivity contribution in [3.63, 3.8) is 0 Å². The van der Waals surface area contributed by atoms with Crippen molar-refractivity contribution in [1.29, 1.82) is 0 Å². The summed E-state index contributed by atoms with van der Waals surface area (Å²) in [5.74, 6) is -0.240. The molecule has 0 aliphatic heterocycles. The van der Waals surface area contributed by atoms with Gasteiger partial charge >= 0.3 is 0 Å². The van der Waals surface area contributed by atoms with Crippen molar-refractivity contribution < 1.29 is 9.59 Å². The highest BCUT2D eigenvalue weighted by molar-refractivity contribution is 7.13. The lowest BCUT2D eigenvalue weighted by Gasteiger charge is -2.31. The highest BCUT2D eigenvalue weighted by atomic mass is 32.1. The van der Waals surface area contributed by atoms with Crippen LogP contribution in [0, 0.1) is 5.92 Å². The summed E-state index contributed by atoms with van der Waals surface area (Å²) >= 11 is 1.35. The van der Waals surface area contributed by atoms with Crippen LogP contribution in [0.2, 0.25) is 0 Å². The molecule has 1 aromatic heterocycles. The van der Waals surface area contributed by atoms with Crippen LogP contribution in [0.5, 0.6) is 0 Å². The van der Waals surface area contributed by atoms with Crippen LogP contribution in [0.1, 0.15) is 62.8 Å². The van der Waals surface area contributed by atoms with Gasteiger partial charge in [-0.15, -0.1) is 11.3 Å². The molecule has 0 radical (unpaired) electrons. The number of benzene rings is 1. The minimum atomic E-state index is -0.104. The lowest BCUT2D eigenvalue weighted by atomic mass is 9.94. The van der Waals surface area contributed by atoms with Gasteiger partial charge in [0.1, 0.15) is 0 Å². The SMILES string of the molecule is CC(C)C(=O)Nc1nc(CC(=O)NCc2ccccc2CN(C)C2CCCCC2)cs1. The second-order valence-electron chi connectivity index (χ2n) is 8.72. The first-order chi connectivity index (χ1) is 14.9. The van der Waals surface area contributed by atoms with Gasteiger partial charge in [0, 0.05) is 30.4 Å². The molecule has 7 heteroatoms. The van der Waals surface area contributed by atoms with Crippen molar-refractivity contribution in [1.82, 2.24) is 15.2 Å². The Bertz CT molecular complexity index is 874. The maximum absolute atomic E-state index is 12.5. The van der Waals surface area contributed by atoms with Crippen LogP contribution in [0.4, 0.5) is 5.13 Å². The first kappa shape index (κ1) is 23.4. The molecule has 1 aliphatic rings. The zero-order valence-corrected chi connectivity index (χ0v) is 19.6. The van der Waals surface area contributed by atoms with E-state index in [0.29, 0.717) is 23.4 Å². The second-order valence-corrected chi connectivity index (χ2v) is 9.58. The van der Waals surface area contributed by atoms with Crippen molar-refractivity contribution in [2.24, 2.45) is 5.92 Å². The molecule has 2 N–H and O–H groups in total. The molecule has 31 heavy (non-hydrogen) atoms. The standard InChI is InChI=1S/C24H34N4O2S/c1-17(2)23(30)27-24-26-20(16-31-24)13-22(29)25-14-18-9-7-8-10-19(18)15-28(3)21-11-5-4-6-12-21/h7-10,16-17,21H,4-6,11-15H2,1-3H3,(H,25,29)(H,26,27,30). The summed E-state index contributed by atoms with van der Waals surface area (Å²) in [5.41, 5.74) is 3.09. The molecule has 1 heterocycles. The van der Waals surface area contributed by atoms with E-state index in [0.717, 1.165) is 12.1 Å². The van der Waals surface area contributed by atoms with E-state index >= 15 is 0 Å². The Balaban J connectivity index is 1.51. The number of hydrogen-bond donors (Lipinski definition) is 2. The molecule has 6 nitrogen and oxygen atoms in total. The lowest BCUT2D eigenvalue weighted by Crippen LogP contribution is -2.33. The summed E-state index contributed by atoms with van der Waals surface area (Å²) in [6.45, 7) is 5.08. The van der Waals surface area contributed by atoms with Gasteiger partial charge in [0.2, 0.25) is 11.8 Å². The molecule has 1 aliphatic carbocycles. The van der Waals surface area contributed by atoms with Gasteiger partial charge < -0.3 is 10.6 Å². The zero-order valence-electron chi connectivity index (χ0n) is 18.8. The molecule has 0 unspecified atom stereocenters. The maximum Gasteiger partial charge on any atom is 0.228 e. The number of carbonyl (C=O) groups excluding carboxylic acids is 2. The number of thiazole rings is 1. The van der Waals surface area contributed by atoms with Gasteiger partial charge in [-0.1, -0.05) is 57.4 Å². The molecule has 3 rings (SSSR count). The molecule has 0 atom stereocenters. The molecule has 1 saturated carbocycles. The predicted molar refractivity (Wildman–Crippen MR) is 126 cm³/mol. The third-order valence-corrected chi connectivity index (χ3v) is 6.67. The van der Waals surface area contributed by atoms with Crippen LogP contribution in [-0.2, 0) is 29.1 Å². The predicted octanol–water partition coefficient (Wildman–Crippen LogP) is 4.36. The second kappa shape index (κ2) is 11.4. The number of carbonyl (C=O) groups is 2. The van der Waals surface area contributed by atoms with E-state index < -0.39 is 0 Å². The Hall–Kier alpha value is -2.25. The zero-order chi connectivity index (χ0) is 22.2. The molecule has 168 valence electrons. The van der Waals surface area contributed by atoms with E-state index in [4.69, 9.17) is 0 Å². The van der Waals surface area contributed by atoms with Crippen molar-refractivity contribution in [3.05, 3.63) is 46.5 Å². The van der Waals surface area contributed by atoms with Crippen molar-refractivity contribution in [3.8, 4) is 0 Å². The average molecular weight is 443 g/mol. The molecule has 0 spiro atoms. The summed E-state index contributed by atoms with van der Waals surface area (Å²) < 4.78 is 0. The third-order valence-electron chi connectivity index (χ3n) is 5.86. The number of amides is 2. The van der Waals surface area contributed by atoms with E-state index in [-0.39, 0.29) is 24.2 Å². The van der Waals surface area contributed by atoms with Gasteiger partial charge in [0.05, 0.1) is 12.1 Å². The van der Waals surface area contributed by atoms with Crippen LogP contribution in [0.25, 0.3) is 0 Å².